The first-order chi connectivity index (χ1) is 15.3. The molecule has 32 heavy (non-hydrogen) atoms. The lowest BCUT2D eigenvalue weighted by molar-refractivity contribution is -0.133. The van der Waals surface area contributed by atoms with E-state index in [4.69, 9.17) is 22.2 Å². The number of nitrogens with zero attached hydrogens (tertiary/aromatic N) is 2. The van der Waals surface area contributed by atoms with E-state index in [9.17, 15) is 4.79 Å². The molecule has 1 aliphatic rings. The van der Waals surface area contributed by atoms with Crippen LogP contribution < -0.4 is 17.2 Å². The maximum absolute atomic E-state index is 13.2. The Morgan fingerprint density at radius 2 is 1.78 bits per heavy atom. The van der Waals surface area contributed by atoms with E-state index in [-0.39, 0.29) is 17.8 Å². The predicted molar refractivity (Wildman–Crippen MR) is 134 cm³/mol. The predicted octanol–water partition coefficient (Wildman–Crippen LogP) is 4.30. The van der Waals surface area contributed by atoms with E-state index < -0.39 is 5.54 Å². The third-order valence-electron chi connectivity index (χ3n) is 5.91. The number of carbonyl (C=O) groups excluding carboxylic acids is 1. The number of hydrogen-bond acceptors (Lipinski definition) is 6. The van der Waals surface area contributed by atoms with Crippen LogP contribution in [0.3, 0.4) is 0 Å². The number of amides is 1. The van der Waals surface area contributed by atoms with Gasteiger partial charge in [-0.2, -0.15) is 0 Å². The van der Waals surface area contributed by atoms with Crippen LogP contribution in [-0.2, 0) is 10.3 Å². The fourth-order valence-corrected chi connectivity index (χ4v) is 5.09. The Kier molecular flexibility index (Phi) is 5.76. The molecule has 164 valence electrons. The van der Waals surface area contributed by atoms with Crippen LogP contribution >= 0.6 is 11.3 Å². The van der Waals surface area contributed by atoms with Crippen molar-refractivity contribution in [2.75, 3.05) is 18.5 Å². The SMILES string of the molecule is CN1C(=O)C(C/C=C/c2cccc(N)c2)[C@@](C)(c2cc(-c3cccc(N)c3)cs2)N=C1N. The van der Waals surface area contributed by atoms with Crippen molar-refractivity contribution in [3.05, 3.63) is 76.5 Å². The minimum Gasteiger partial charge on any atom is -0.399 e. The number of anilines is 2. The average molecular weight is 446 g/mol. The molecule has 6 nitrogen and oxygen atoms in total. The van der Waals surface area contributed by atoms with Gasteiger partial charge in [-0.1, -0.05) is 36.4 Å². The number of rotatable bonds is 5. The summed E-state index contributed by atoms with van der Waals surface area (Å²) in [6.45, 7) is 1.98. The molecule has 0 radical (unpaired) electrons. The largest absolute Gasteiger partial charge is 0.399 e. The van der Waals surface area contributed by atoms with E-state index in [2.05, 4.69) is 11.4 Å². The topological polar surface area (TPSA) is 111 Å². The Labute approximate surface area is 192 Å². The highest BCUT2D eigenvalue weighted by Gasteiger charge is 2.46. The second kappa shape index (κ2) is 8.51. The van der Waals surface area contributed by atoms with Gasteiger partial charge in [0.05, 0.1) is 5.92 Å². The van der Waals surface area contributed by atoms with Gasteiger partial charge < -0.3 is 17.2 Å². The average Bonchev–Trinajstić information content (AvgIpc) is 3.26. The molecule has 0 fully saturated rings. The fraction of sp³-hybridized carbons (Fsp3) is 0.200. The van der Waals surface area contributed by atoms with Crippen molar-refractivity contribution < 1.29 is 4.79 Å². The first-order valence-electron chi connectivity index (χ1n) is 10.4. The number of carbonyl (C=O) groups is 1. The molecule has 1 unspecified atom stereocenters. The third-order valence-corrected chi connectivity index (χ3v) is 7.07. The van der Waals surface area contributed by atoms with Gasteiger partial charge in [0.2, 0.25) is 5.91 Å². The van der Waals surface area contributed by atoms with Gasteiger partial charge >= 0.3 is 0 Å². The molecule has 2 heterocycles. The molecule has 1 aromatic heterocycles. The van der Waals surface area contributed by atoms with Crippen molar-refractivity contribution in [1.82, 2.24) is 4.90 Å². The first kappa shape index (κ1) is 21.6. The van der Waals surface area contributed by atoms with E-state index in [1.54, 1.807) is 18.4 Å². The highest BCUT2D eigenvalue weighted by molar-refractivity contribution is 7.10. The van der Waals surface area contributed by atoms with Crippen molar-refractivity contribution >= 4 is 40.7 Å². The smallest absolute Gasteiger partial charge is 0.235 e. The molecule has 2 atom stereocenters. The quantitative estimate of drug-likeness (QED) is 0.508. The molecule has 2 aromatic carbocycles. The number of guanidine groups is 1. The van der Waals surface area contributed by atoms with Crippen LogP contribution in [0.25, 0.3) is 17.2 Å². The Bertz CT molecular complexity index is 1210. The molecule has 0 spiro atoms. The van der Waals surface area contributed by atoms with Crippen molar-refractivity contribution in [2.24, 2.45) is 16.6 Å². The molecule has 4 rings (SSSR count). The zero-order valence-electron chi connectivity index (χ0n) is 18.2. The highest BCUT2D eigenvalue weighted by atomic mass is 32.1. The van der Waals surface area contributed by atoms with Crippen molar-refractivity contribution in [3.63, 3.8) is 0 Å². The Hall–Kier alpha value is -3.58. The molecule has 0 saturated heterocycles. The van der Waals surface area contributed by atoms with Gasteiger partial charge in [-0.15, -0.1) is 11.3 Å². The Morgan fingerprint density at radius 1 is 1.06 bits per heavy atom. The standard InChI is InChI=1S/C25H27N5OS/c1-25(22-14-18(15-32-22)17-8-5-10-20(27)13-17)21(23(31)30(2)24(28)29-25)11-4-7-16-6-3-9-19(26)12-16/h3-10,12-15,21H,11,26-27H2,1-2H3,(H2,28,29)/b7-4+/t21?,25-/m0/s1. The summed E-state index contributed by atoms with van der Waals surface area (Å²) >= 11 is 1.58. The van der Waals surface area contributed by atoms with Gasteiger partial charge in [0.15, 0.2) is 5.96 Å². The van der Waals surface area contributed by atoms with Gasteiger partial charge in [0.1, 0.15) is 5.54 Å². The maximum Gasteiger partial charge on any atom is 0.235 e. The van der Waals surface area contributed by atoms with Gasteiger partial charge in [-0.3, -0.25) is 9.69 Å². The van der Waals surface area contributed by atoms with Crippen molar-refractivity contribution in [3.8, 4) is 11.1 Å². The summed E-state index contributed by atoms with van der Waals surface area (Å²) < 4.78 is 0. The Morgan fingerprint density at radius 3 is 2.50 bits per heavy atom. The Balaban J connectivity index is 1.68. The zero-order valence-corrected chi connectivity index (χ0v) is 19.0. The van der Waals surface area contributed by atoms with E-state index >= 15 is 0 Å². The van der Waals surface area contributed by atoms with Crippen LogP contribution in [-0.4, -0.2) is 23.8 Å². The maximum atomic E-state index is 13.2. The minimum atomic E-state index is -0.767. The van der Waals surface area contributed by atoms with Crippen LogP contribution in [0.4, 0.5) is 11.4 Å². The molecule has 0 bridgehead atoms. The number of nitrogen functional groups attached to an aromatic ring is 2. The van der Waals surface area contributed by atoms with E-state index in [1.165, 1.54) is 4.90 Å². The molecule has 0 saturated carbocycles. The summed E-state index contributed by atoms with van der Waals surface area (Å²) in [4.78, 5) is 20.5. The molecular formula is C25H27N5OS. The molecule has 1 aliphatic heterocycles. The lowest BCUT2D eigenvalue weighted by Gasteiger charge is -2.39. The summed E-state index contributed by atoms with van der Waals surface area (Å²) in [5.74, 6) is -0.201. The fourth-order valence-electron chi connectivity index (χ4n) is 4.01. The van der Waals surface area contributed by atoms with E-state index in [0.717, 1.165) is 21.6 Å². The monoisotopic (exact) mass is 445 g/mol. The van der Waals surface area contributed by atoms with Gasteiger partial charge in [0.25, 0.3) is 0 Å². The molecule has 3 aromatic rings. The lowest BCUT2D eigenvalue weighted by Crippen LogP contribution is -2.53. The van der Waals surface area contributed by atoms with Crippen LogP contribution in [0, 0.1) is 5.92 Å². The van der Waals surface area contributed by atoms with Crippen LogP contribution in [0.15, 0.2) is 71.0 Å². The molecular weight excluding hydrogens is 418 g/mol. The summed E-state index contributed by atoms with van der Waals surface area (Å²) in [7, 11) is 1.67. The highest BCUT2D eigenvalue weighted by Crippen LogP contribution is 2.44. The lowest BCUT2D eigenvalue weighted by atomic mass is 9.79. The number of thiophene rings is 1. The van der Waals surface area contributed by atoms with Crippen molar-refractivity contribution in [2.45, 2.75) is 18.9 Å². The normalized spacial score (nSPS) is 21.2. The number of hydrogen-bond donors (Lipinski definition) is 3. The number of aliphatic imine (C=N–C) groups is 1. The van der Waals surface area contributed by atoms with Crippen molar-refractivity contribution in [1.29, 1.82) is 0 Å². The van der Waals surface area contributed by atoms with Gasteiger partial charge in [-0.25, -0.2) is 4.99 Å². The summed E-state index contributed by atoms with van der Waals surface area (Å²) in [6, 6.07) is 17.5. The summed E-state index contributed by atoms with van der Waals surface area (Å²) in [6.07, 6.45) is 4.52. The van der Waals surface area contributed by atoms with E-state index in [1.807, 2.05) is 67.6 Å². The van der Waals surface area contributed by atoms with Gasteiger partial charge in [-0.05, 0) is 65.7 Å². The summed E-state index contributed by atoms with van der Waals surface area (Å²) in [5.41, 5.74) is 21.7. The minimum absolute atomic E-state index is 0.0452. The first-order valence-corrected chi connectivity index (χ1v) is 11.3. The number of nitrogens with two attached hydrogens (primary N) is 3. The third kappa shape index (κ3) is 4.11. The van der Waals surface area contributed by atoms with Crippen LogP contribution in [0.1, 0.15) is 23.8 Å². The molecule has 1 amide bonds. The van der Waals surface area contributed by atoms with Crippen LogP contribution in [0.5, 0.6) is 0 Å². The molecule has 6 N–H and O–H groups in total. The second-order valence-electron chi connectivity index (χ2n) is 8.20. The second-order valence-corrected chi connectivity index (χ2v) is 9.11. The summed E-state index contributed by atoms with van der Waals surface area (Å²) in [5, 5.41) is 2.07. The number of benzene rings is 2. The van der Waals surface area contributed by atoms with Gasteiger partial charge in [0, 0.05) is 23.3 Å². The molecule has 0 aliphatic carbocycles. The van der Waals surface area contributed by atoms with E-state index in [0.29, 0.717) is 17.8 Å². The zero-order chi connectivity index (χ0) is 22.9. The van der Waals surface area contributed by atoms with Crippen LogP contribution in [0.2, 0.25) is 0 Å². The molecule has 7 heteroatoms. The number of allylic oxidation sites excluding steroid dienone is 1.